The molecule has 0 aromatic heterocycles. The highest BCUT2D eigenvalue weighted by Crippen LogP contribution is 2.19. The third-order valence-corrected chi connectivity index (χ3v) is 4.73. The van der Waals surface area contributed by atoms with Crippen LogP contribution in [0.4, 0.5) is 9.59 Å². The first-order valence-electron chi connectivity index (χ1n) is 11.3. The van der Waals surface area contributed by atoms with Gasteiger partial charge in [0.2, 0.25) is 0 Å². The smallest absolute Gasteiger partial charge is 0.420 e. The molecule has 184 valence electrons. The van der Waals surface area contributed by atoms with E-state index in [4.69, 9.17) is 19.9 Å². The SMILES string of the molecule is CC(C)(C)OC(=O)N(C(=O)OCc1ccccc1)[C@@H](CCCCN)C(=O)OCc1ccccc1. The summed E-state index contributed by atoms with van der Waals surface area (Å²) in [5.74, 6) is -0.719. The monoisotopic (exact) mass is 470 g/mol. The average molecular weight is 471 g/mol. The van der Waals surface area contributed by atoms with E-state index in [0.29, 0.717) is 19.4 Å². The van der Waals surface area contributed by atoms with Gasteiger partial charge in [0.25, 0.3) is 0 Å². The Morgan fingerprint density at radius 1 is 0.824 bits per heavy atom. The van der Waals surface area contributed by atoms with Gasteiger partial charge < -0.3 is 19.9 Å². The number of hydrogen-bond acceptors (Lipinski definition) is 7. The molecule has 2 rings (SSSR count). The van der Waals surface area contributed by atoms with Crippen molar-refractivity contribution >= 4 is 18.2 Å². The van der Waals surface area contributed by atoms with Gasteiger partial charge in [0.05, 0.1) is 0 Å². The fourth-order valence-electron chi connectivity index (χ4n) is 3.09. The van der Waals surface area contributed by atoms with E-state index in [1.807, 2.05) is 48.5 Å². The van der Waals surface area contributed by atoms with Crippen LogP contribution in [0.15, 0.2) is 60.7 Å². The molecule has 0 unspecified atom stereocenters. The predicted molar refractivity (Wildman–Crippen MR) is 128 cm³/mol. The zero-order valence-electron chi connectivity index (χ0n) is 20.1. The molecule has 0 heterocycles. The van der Waals surface area contributed by atoms with E-state index < -0.39 is 29.8 Å². The minimum Gasteiger partial charge on any atom is -0.459 e. The largest absolute Gasteiger partial charge is 0.459 e. The number of nitrogens with two attached hydrogens (primary N) is 1. The molecule has 34 heavy (non-hydrogen) atoms. The maximum Gasteiger partial charge on any atom is 0.420 e. The summed E-state index contributed by atoms with van der Waals surface area (Å²) < 4.78 is 16.3. The van der Waals surface area contributed by atoms with Gasteiger partial charge in [-0.1, -0.05) is 60.7 Å². The highest BCUT2D eigenvalue weighted by Gasteiger charge is 2.39. The van der Waals surface area contributed by atoms with Crippen LogP contribution in [0.2, 0.25) is 0 Å². The molecule has 1 atom stereocenters. The van der Waals surface area contributed by atoms with Crippen LogP contribution in [0, 0.1) is 0 Å². The molecule has 0 aliphatic heterocycles. The van der Waals surface area contributed by atoms with Crippen molar-refractivity contribution in [2.45, 2.75) is 64.9 Å². The van der Waals surface area contributed by atoms with Crippen molar-refractivity contribution in [3.05, 3.63) is 71.8 Å². The Morgan fingerprint density at radius 3 is 1.85 bits per heavy atom. The molecule has 0 radical (unpaired) electrons. The number of nitrogens with zero attached hydrogens (tertiary/aromatic N) is 1. The lowest BCUT2D eigenvalue weighted by molar-refractivity contribution is -0.151. The Labute approximate surface area is 201 Å². The number of amides is 2. The van der Waals surface area contributed by atoms with Gasteiger partial charge in [0, 0.05) is 0 Å². The fraction of sp³-hybridized carbons (Fsp3) is 0.423. The van der Waals surface area contributed by atoms with Crippen LogP contribution in [0.25, 0.3) is 0 Å². The molecule has 0 aliphatic rings. The number of carbonyl (C=O) groups excluding carboxylic acids is 3. The predicted octanol–water partition coefficient (Wildman–Crippen LogP) is 4.80. The quantitative estimate of drug-likeness (QED) is 0.302. The van der Waals surface area contributed by atoms with Gasteiger partial charge in [-0.25, -0.2) is 14.4 Å². The van der Waals surface area contributed by atoms with Crippen LogP contribution < -0.4 is 5.73 Å². The number of benzene rings is 2. The van der Waals surface area contributed by atoms with Crippen molar-refractivity contribution in [3.8, 4) is 0 Å². The van der Waals surface area contributed by atoms with Gasteiger partial charge >= 0.3 is 18.2 Å². The third-order valence-electron chi connectivity index (χ3n) is 4.73. The molecule has 8 heteroatoms. The zero-order chi connectivity index (χ0) is 25.0. The Bertz CT molecular complexity index is 912. The lowest BCUT2D eigenvalue weighted by atomic mass is 10.1. The molecule has 0 saturated heterocycles. The van der Waals surface area contributed by atoms with Gasteiger partial charge in [-0.05, 0) is 57.7 Å². The number of ether oxygens (including phenoxy) is 3. The minimum absolute atomic E-state index is 0.00822. The first kappa shape index (κ1) is 26.9. The maximum absolute atomic E-state index is 13.1. The highest BCUT2D eigenvalue weighted by molar-refractivity contribution is 5.94. The van der Waals surface area contributed by atoms with Gasteiger partial charge in [-0.3, -0.25) is 0 Å². The van der Waals surface area contributed by atoms with Gasteiger partial charge in [-0.2, -0.15) is 4.90 Å². The first-order valence-corrected chi connectivity index (χ1v) is 11.3. The lowest BCUT2D eigenvalue weighted by Crippen LogP contribution is -2.51. The number of hydrogen-bond donors (Lipinski definition) is 1. The average Bonchev–Trinajstić information content (AvgIpc) is 2.80. The van der Waals surface area contributed by atoms with Crippen molar-refractivity contribution in [1.29, 1.82) is 0 Å². The lowest BCUT2D eigenvalue weighted by Gasteiger charge is -2.30. The highest BCUT2D eigenvalue weighted by atomic mass is 16.6. The summed E-state index contributed by atoms with van der Waals surface area (Å²) in [5, 5.41) is 0. The number of unbranched alkanes of at least 4 members (excludes halogenated alkanes) is 1. The molecule has 0 saturated carbocycles. The van der Waals surface area contributed by atoms with E-state index in [-0.39, 0.29) is 19.6 Å². The normalized spacial score (nSPS) is 11.9. The first-order chi connectivity index (χ1) is 16.2. The van der Waals surface area contributed by atoms with Crippen molar-refractivity contribution in [3.63, 3.8) is 0 Å². The molecule has 8 nitrogen and oxygen atoms in total. The van der Waals surface area contributed by atoms with E-state index in [1.54, 1.807) is 32.9 Å². The van der Waals surface area contributed by atoms with Gasteiger partial charge in [-0.15, -0.1) is 0 Å². The van der Waals surface area contributed by atoms with Gasteiger partial charge in [0.15, 0.2) is 0 Å². The fourth-order valence-corrected chi connectivity index (χ4v) is 3.09. The van der Waals surface area contributed by atoms with Crippen molar-refractivity contribution in [2.24, 2.45) is 5.73 Å². The molecule has 2 amide bonds. The van der Waals surface area contributed by atoms with Crippen LogP contribution >= 0.6 is 0 Å². The van der Waals surface area contributed by atoms with E-state index in [9.17, 15) is 14.4 Å². The Kier molecular flexibility index (Phi) is 10.5. The van der Waals surface area contributed by atoms with E-state index in [0.717, 1.165) is 16.0 Å². The molecular weight excluding hydrogens is 436 g/mol. The standard InChI is InChI=1S/C26H34N2O6/c1-26(2,3)34-25(31)28(24(30)33-19-21-14-8-5-9-15-21)22(16-10-11-17-27)23(29)32-18-20-12-6-4-7-13-20/h4-9,12-15,22H,10-11,16-19,27H2,1-3H3/t22-/m0/s1. The third kappa shape index (κ3) is 9.23. The van der Waals surface area contributed by atoms with E-state index >= 15 is 0 Å². The second-order valence-electron chi connectivity index (χ2n) is 8.78. The van der Waals surface area contributed by atoms with Crippen LogP contribution in [0.1, 0.15) is 51.2 Å². The van der Waals surface area contributed by atoms with E-state index in [2.05, 4.69) is 0 Å². The Balaban J connectivity index is 2.24. The molecule has 0 aliphatic carbocycles. The summed E-state index contributed by atoms with van der Waals surface area (Å²) in [7, 11) is 0. The number of carbonyl (C=O) groups is 3. The van der Waals surface area contributed by atoms with E-state index in [1.165, 1.54) is 0 Å². The molecular formula is C26H34N2O6. The van der Waals surface area contributed by atoms with Crippen molar-refractivity contribution in [1.82, 2.24) is 4.90 Å². The van der Waals surface area contributed by atoms with Crippen LogP contribution in [-0.2, 0) is 32.2 Å². The molecule has 2 aromatic rings. The molecule has 0 bridgehead atoms. The van der Waals surface area contributed by atoms with Crippen molar-refractivity contribution in [2.75, 3.05) is 6.54 Å². The molecule has 0 spiro atoms. The number of esters is 1. The summed E-state index contributed by atoms with van der Waals surface area (Å²) in [5.41, 5.74) is 6.25. The number of imide groups is 1. The maximum atomic E-state index is 13.1. The summed E-state index contributed by atoms with van der Waals surface area (Å²) in [6, 6.07) is 17.0. The Hall–Kier alpha value is -3.39. The zero-order valence-corrected chi connectivity index (χ0v) is 20.1. The molecule has 2 N–H and O–H groups in total. The summed E-state index contributed by atoms with van der Waals surface area (Å²) >= 11 is 0. The second kappa shape index (κ2) is 13.3. The second-order valence-corrected chi connectivity index (χ2v) is 8.78. The summed E-state index contributed by atoms with van der Waals surface area (Å²) in [6.07, 6.45) is -0.659. The van der Waals surface area contributed by atoms with Crippen LogP contribution in [0.3, 0.4) is 0 Å². The van der Waals surface area contributed by atoms with Crippen molar-refractivity contribution < 1.29 is 28.6 Å². The number of rotatable bonds is 10. The topological polar surface area (TPSA) is 108 Å². The summed E-state index contributed by atoms with van der Waals surface area (Å²) in [4.78, 5) is 39.9. The molecule has 2 aromatic carbocycles. The minimum atomic E-state index is -1.21. The summed E-state index contributed by atoms with van der Waals surface area (Å²) in [6.45, 7) is 5.39. The van der Waals surface area contributed by atoms with Crippen LogP contribution in [0.5, 0.6) is 0 Å². The van der Waals surface area contributed by atoms with Gasteiger partial charge in [0.1, 0.15) is 24.9 Å². The molecule has 0 fully saturated rings. The Morgan fingerprint density at radius 2 is 1.35 bits per heavy atom. The van der Waals surface area contributed by atoms with Crippen LogP contribution in [-0.4, -0.2) is 41.2 Å².